The van der Waals surface area contributed by atoms with Gasteiger partial charge in [-0.05, 0) is 50.5 Å². The van der Waals surface area contributed by atoms with E-state index in [0.29, 0.717) is 5.69 Å². The van der Waals surface area contributed by atoms with Crippen LogP contribution in [0.3, 0.4) is 0 Å². The molecule has 0 aliphatic rings. The number of anilines is 1. The highest BCUT2D eigenvalue weighted by Crippen LogP contribution is 2.23. The Labute approximate surface area is 122 Å². The molecule has 0 spiro atoms. The number of carbonyl (C=O) groups is 1. The van der Waals surface area contributed by atoms with Gasteiger partial charge in [0.2, 0.25) is 12.2 Å². The molecule has 0 aliphatic carbocycles. The molecule has 0 atom stereocenters. The van der Waals surface area contributed by atoms with Crippen molar-refractivity contribution in [2.45, 2.75) is 13.5 Å². The number of benzene rings is 1. The van der Waals surface area contributed by atoms with Crippen LogP contribution in [0.1, 0.15) is 5.56 Å². The molecule has 0 bridgehead atoms. The van der Waals surface area contributed by atoms with Gasteiger partial charge in [-0.3, -0.25) is 4.79 Å². The Balaban J connectivity index is 2.03. The van der Waals surface area contributed by atoms with E-state index in [-0.39, 0.29) is 18.3 Å². The van der Waals surface area contributed by atoms with Crippen molar-refractivity contribution in [1.29, 1.82) is 0 Å². The van der Waals surface area contributed by atoms with Crippen LogP contribution in [0, 0.1) is 17.0 Å². The number of nitrogens with zero attached hydrogens (tertiary/aromatic N) is 3. The molecule has 1 aromatic heterocycles. The van der Waals surface area contributed by atoms with Gasteiger partial charge in [0.05, 0.1) is 5.69 Å². The lowest BCUT2D eigenvalue weighted by molar-refractivity contribution is -0.389. The lowest BCUT2D eigenvalue weighted by atomic mass is 10.2. The molecule has 2 aromatic rings. The predicted molar refractivity (Wildman–Crippen MR) is 76.4 cm³/mol. The molecule has 0 radical (unpaired) electrons. The van der Waals surface area contributed by atoms with E-state index < -0.39 is 4.92 Å². The smallest absolute Gasteiger partial charge is 0.358 e. The van der Waals surface area contributed by atoms with Gasteiger partial charge in [0.1, 0.15) is 12.7 Å². The van der Waals surface area contributed by atoms with Gasteiger partial charge in [-0.15, -0.1) is 0 Å². The molecule has 1 N–H and O–H groups in total. The van der Waals surface area contributed by atoms with E-state index in [1.165, 1.54) is 17.1 Å². The van der Waals surface area contributed by atoms with Crippen LogP contribution in [-0.4, -0.2) is 20.4 Å². The summed E-state index contributed by atoms with van der Waals surface area (Å²) in [6.07, 6.45) is 2.46. The fourth-order valence-electron chi connectivity index (χ4n) is 1.61. The Morgan fingerprint density at radius 1 is 1.55 bits per heavy atom. The number of nitrogens with one attached hydrogen (secondary N) is 1. The van der Waals surface area contributed by atoms with Crippen LogP contribution in [0.4, 0.5) is 11.5 Å². The van der Waals surface area contributed by atoms with Crippen LogP contribution in [-0.2, 0) is 11.3 Å². The monoisotopic (exact) mass is 338 g/mol. The second-order valence-corrected chi connectivity index (χ2v) is 5.05. The maximum absolute atomic E-state index is 11.8. The van der Waals surface area contributed by atoms with Crippen LogP contribution < -0.4 is 5.32 Å². The zero-order valence-corrected chi connectivity index (χ0v) is 12.1. The van der Waals surface area contributed by atoms with E-state index in [1.807, 2.05) is 19.1 Å². The van der Waals surface area contributed by atoms with Crippen molar-refractivity contribution in [2.75, 3.05) is 5.32 Å². The maximum atomic E-state index is 11.8. The van der Waals surface area contributed by atoms with E-state index in [9.17, 15) is 14.9 Å². The summed E-state index contributed by atoms with van der Waals surface area (Å²) < 4.78 is 2.14. The van der Waals surface area contributed by atoms with Crippen LogP contribution in [0.2, 0.25) is 0 Å². The van der Waals surface area contributed by atoms with Crippen LogP contribution in [0.15, 0.2) is 35.2 Å². The Hall–Kier alpha value is -2.22. The third kappa shape index (κ3) is 3.41. The van der Waals surface area contributed by atoms with Crippen molar-refractivity contribution < 1.29 is 9.72 Å². The molecular formula is C12H11BrN4O3. The quantitative estimate of drug-likeness (QED) is 0.684. The van der Waals surface area contributed by atoms with Gasteiger partial charge in [0.15, 0.2) is 0 Å². The predicted octanol–water partition coefficient (Wildman–Crippen LogP) is 2.50. The van der Waals surface area contributed by atoms with E-state index in [4.69, 9.17) is 0 Å². The van der Waals surface area contributed by atoms with Crippen molar-refractivity contribution >= 4 is 33.3 Å². The average molecular weight is 339 g/mol. The summed E-state index contributed by atoms with van der Waals surface area (Å²) in [5.74, 6) is -0.573. The topological polar surface area (TPSA) is 90.1 Å². The number of nitro groups is 1. The van der Waals surface area contributed by atoms with E-state index in [2.05, 4.69) is 26.2 Å². The molecule has 7 nitrogen and oxygen atoms in total. The molecule has 0 fully saturated rings. The standard InChI is InChI=1S/C12H11BrN4O3/c1-8-2-3-10(9(13)4-8)15-12(18)6-16-5-11(14-7-16)17(19)20/h2-5,7H,6H2,1H3,(H,15,18). The van der Waals surface area contributed by atoms with Crippen LogP contribution in [0.25, 0.3) is 0 Å². The molecule has 1 heterocycles. The van der Waals surface area contributed by atoms with E-state index in [1.54, 1.807) is 6.07 Å². The fraction of sp³-hybridized carbons (Fsp3) is 0.167. The number of aryl methyl sites for hydroxylation is 1. The zero-order valence-electron chi connectivity index (χ0n) is 10.5. The summed E-state index contributed by atoms with van der Waals surface area (Å²) in [6.45, 7) is 1.90. The van der Waals surface area contributed by atoms with E-state index in [0.717, 1.165) is 10.0 Å². The zero-order chi connectivity index (χ0) is 14.7. The molecule has 1 aromatic carbocycles. The summed E-state index contributed by atoms with van der Waals surface area (Å²) in [6, 6.07) is 5.55. The van der Waals surface area contributed by atoms with Gasteiger partial charge >= 0.3 is 5.82 Å². The lowest BCUT2D eigenvalue weighted by Crippen LogP contribution is -2.18. The molecule has 2 rings (SSSR count). The van der Waals surface area contributed by atoms with Gasteiger partial charge < -0.3 is 20.0 Å². The van der Waals surface area contributed by atoms with E-state index >= 15 is 0 Å². The first-order valence-electron chi connectivity index (χ1n) is 5.68. The van der Waals surface area contributed by atoms with Gasteiger partial charge in [-0.2, -0.15) is 0 Å². The van der Waals surface area contributed by atoms with Gasteiger partial charge in [-0.1, -0.05) is 6.07 Å². The minimum atomic E-state index is -0.606. The summed E-state index contributed by atoms with van der Waals surface area (Å²) in [5.41, 5.74) is 1.72. The molecule has 0 saturated heterocycles. The first kappa shape index (κ1) is 14.2. The van der Waals surface area contributed by atoms with Crippen LogP contribution >= 0.6 is 15.9 Å². The number of imidazole rings is 1. The molecule has 8 heteroatoms. The molecule has 0 saturated carbocycles. The largest absolute Gasteiger partial charge is 0.381 e. The SMILES string of the molecule is Cc1ccc(NC(=O)Cn2cnc([N+](=O)[O-])c2)c(Br)c1. The van der Waals surface area contributed by atoms with Crippen molar-refractivity contribution in [2.24, 2.45) is 0 Å². The summed E-state index contributed by atoms with van der Waals surface area (Å²) in [7, 11) is 0. The average Bonchev–Trinajstić information content (AvgIpc) is 2.81. The molecular weight excluding hydrogens is 328 g/mol. The third-order valence-corrected chi connectivity index (χ3v) is 3.19. The van der Waals surface area contributed by atoms with Gasteiger partial charge in [-0.25, -0.2) is 0 Å². The second-order valence-electron chi connectivity index (χ2n) is 4.19. The lowest BCUT2D eigenvalue weighted by Gasteiger charge is -2.07. The number of hydrogen-bond donors (Lipinski definition) is 1. The minimum absolute atomic E-state index is 0.0405. The number of rotatable bonds is 4. The highest BCUT2D eigenvalue weighted by Gasteiger charge is 2.12. The van der Waals surface area contributed by atoms with Crippen molar-refractivity contribution in [1.82, 2.24) is 9.55 Å². The fourth-order valence-corrected chi connectivity index (χ4v) is 2.20. The summed E-state index contributed by atoms with van der Waals surface area (Å²) in [5, 5.41) is 13.2. The molecule has 0 aliphatic heterocycles. The Morgan fingerprint density at radius 3 is 2.90 bits per heavy atom. The highest BCUT2D eigenvalue weighted by atomic mass is 79.9. The number of carbonyl (C=O) groups excluding carboxylic acids is 1. The Bertz CT molecular complexity index is 668. The molecule has 1 amide bonds. The Morgan fingerprint density at radius 2 is 2.30 bits per heavy atom. The number of amides is 1. The number of aromatic nitrogens is 2. The summed E-state index contributed by atoms with van der Waals surface area (Å²) >= 11 is 3.36. The van der Waals surface area contributed by atoms with Crippen molar-refractivity contribution in [3.63, 3.8) is 0 Å². The second kappa shape index (κ2) is 5.83. The first-order valence-corrected chi connectivity index (χ1v) is 6.47. The Kier molecular flexibility index (Phi) is 4.14. The minimum Gasteiger partial charge on any atom is -0.358 e. The maximum Gasteiger partial charge on any atom is 0.381 e. The van der Waals surface area contributed by atoms with Crippen LogP contribution in [0.5, 0.6) is 0 Å². The van der Waals surface area contributed by atoms with Crippen molar-refractivity contribution in [3.8, 4) is 0 Å². The first-order chi connectivity index (χ1) is 9.45. The third-order valence-electron chi connectivity index (χ3n) is 2.53. The molecule has 0 unspecified atom stereocenters. The number of halogens is 1. The van der Waals surface area contributed by atoms with Gasteiger partial charge in [0, 0.05) is 4.47 Å². The van der Waals surface area contributed by atoms with Gasteiger partial charge in [0.25, 0.3) is 0 Å². The molecule has 104 valence electrons. The number of hydrogen-bond acceptors (Lipinski definition) is 4. The van der Waals surface area contributed by atoms with Crippen molar-refractivity contribution in [3.05, 3.63) is 50.9 Å². The normalized spacial score (nSPS) is 10.3. The molecule has 20 heavy (non-hydrogen) atoms. The highest BCUT2D eigenvalue weighted by molar-refractivity contribution is 9.10. The summed E-state index contributed by atoms with van der Waals surface area (Å²) in [4.78, 5) is 25.3.